The van der Waals surface area contributed by atoms with Gasteiger partial charge in [0.2, 0.25) is 0 Å². The van der Waals surface area contributed by atoms with Gasteiger partial charge >= 0.3 is 6.03 Å². The summed E-state index contributed by atoms with van der Waals surface area (Å²) in [5, 5.41) is 42.4. The number of hydrogen-bond acceptors (Lipinski definition) is 8. The van der Waals surface area contributed by atoms with Crippen molar-refractivity contribution >= 4 is 6.03 Å². The second-order valence-electron chi connectivity index (χ2n) is 3.81. The molecule has 1 aliphatic rings. The molecule has 1 heterocycles. The first-order valence-corrected chi connectivity index (χ1v) is 5.10. The number of urea groups is 1. The van der Waals surface area contributed by atoms with Crippen LogP contribution >= 0.6 is 0 Å². The van der Waals surface area contributed by atoms with Crippen molar-refractivity contribution in [3.05, 3.63) is 4.91 Å². The predicted octanol–water partition coefficient (Wildman–Crippen LogP) is -2.89. The van der Waals surface area contributed by atoms with E-state index in [1.807, 2.05) is 0 Å². The van der Waals surface area contributed by atoms with Gasteiger partial charge in [0.05, 0.1) is 11.9 Å². The molecule has 10 nitrogen and oxygen atoms in total. The molecule has 104 valence electrons. The molecule has 18 heavy (non-hydrogen) atoms. The minimum absolute atomic E-state index is 0.407. The zero-order chi connectivity index (χ0) is 13.9. The smallest absolute Gasteiger partial charge is 0.340 e. The number of nitroso groups, excluding NO2 is 1. The van der Waals surface area contributed by atoms with Gasteiger partial charge in [-0.1, -0.05) is 0 Å². The van der Waals surface area contributed by atoms with Gasteiger partial charge in [-0.05, 0) is 0 Å². The molecule has 0 aromatic heterocycles. The zero-order valence-corrected chi connectivity index (χ0v) is 9.50. The standard InChI is InChI=1S/C8H15N3O7/c1-11(10-17)8(16)9-4-6(14)5(13)3(2-12)18-7(4)15/h3-7,12-15H,2H2,1H3,(H,9,16)/t3?,4?,5-,6?,7+/m0/s1. The molecule has 0 bridgehead atoms. The van der Waals surface area contributed by atoms with Gasteiger partial charge in [-0.25, -0.2) is 4.79 Å². The summed E-state index contributed by atoms with van der Waals surface area (Å²) in [5.41, 5.74) is 0. The van der Waals surface area contributed by atoms with E-state index in [0.717, 1.165) is 7.05 Å². The van der Waals surface area contributed by atoms with Crippen LogP contribution in [0.15, 0.2) is 5.29 Å². The van der Waals surface area contributed by atoms with Crippen LogP contribution in [0.25, 0.3) is 0 Å². The van der Waals surface area contributed by atoms with Crippen LogP contribution in [0.3, 0.4) is 0 Å². The van der Waals surface area contributed by atoms with E-state index >= 15 is 0 Å². The maximum Gasteiger partial charge on any atom is 0.340 e. The summed E-state index contributed by atoms with van der Waals surface area (Å²) in [6.45, 7) is -0.605. The predicted molar refractivity (Wildman–Crippen MR) is 55.9 cm³/mol. The molecule has 10 heteroatoms. The van der Waals surface area contributed by atoms with Gasteiger partial charge in [0.15, 0.2) is 6.29 Å². The van der Waals surface area contributed by atoms with Crippen LogP contribution in [0.2, 0.25) is 0 Å². The highest BCUT2D eigenvalue weighted by molar-refractivity contribution is 5.73. The number of rotatable bonds is 3. The van der Waals surface area contributed by atoms with E-state index in [0.29, 0.717) is 5.01 Å². The van der Waals surface area contributed by atoms with Crippen LogP contribution in [0.5, 0.6) is 0 Å². The van der Waals surface area contributed by atoms with Crippen molar-refractivity contribution in [1.82, 2.24) is 10.3 Å². The van der Waals surface area contributed by atoms with Crippen LogP contribution in [-0.2, 0) is 4.74 Å². The maximum absolute atomic E-state index is 11.3. The van der Waals surface area contributed by atoms with E-state index in [2.05, 4.69) is 10.6 Å². The van der Waals surface area contributed by atoms with E-state index in [1.165, 1.54) is 0 Å². The SMILES string of the molecule is CN(N=O)C(=O)NC1C(O)[C@@H](O)C(CO)O[C@H]1O. The number of amides is 2. The third-order valence-corrected chi connectivity index (χ3v) is 2.61. The second-order valence-corrected chi connectivity index (χ2v) is 3.81. The van der Waals surface area contributed by atoms with Gasteiger partial charge in [-0.3, -0.25) is 0 Å². The third-order valence-electron chi connectivity index (χ3n) is 2.61. The van der Waals surface area contributed by atoms with E-state index in [-0.39, 0.29) is 0 Å². The number of ether oxygens (including phenoxy) is 1. The molecule has 5 atom stereocenters. The number of aliphatic hydroxyl groups excluding tert-OH is 4. The van der Waals surface area contributed by atoms with Crippen LogP contribution in [-0.4, -0.2) is 75.8 Å². The number of aliphatic hydroxyl groups is 4. The van der Waals surface area contributed by atoms with E-state index in [9.17, 15) is 25.0 Å². The van der Waals surface area contributed by atoms with Crippen molar-refractivity contribution in [1.29, 1.82) is 0 Å². The number of nitrogens with one attached hydrogen (secondary N) is 1. The number of nitrogens with zero attached hydrogens (tertiary/aromatic N) is 2. The minimum atomic E-state index is -1.63. The molecular weight excluding hydrogens is 250 g/mol. The van der Waals surface area contributed by atoms with Gasteiger partial charge in [-0.15, -0.1) is 4.91 Å². The minimum Gasteiger partial charge on any atom is -0.394 e. The van der Waals surface area contributed by atoms with Crippen LogP contribution in [0.4, 0.5) is 4.79 Å². The zero-order valence-electron chi connectivity index (χ0n) is 9.50. The largest absolute Gasteiger partial charge is 0.394 e. The Bertz CT molecular complexity index is 315. The lowest BCUT2D eigenvalue weighted by molar-refractivity contribution is -0.252. The van der Waals surface area contributed by atoms with Gasteiger partial charge in [0.1, 0.15) is 24.4 Å². The lowest BCUT2D eigenvalue weighted by atomic mass is 9.97. The molecule has 0 spiro atoms. The Balaban J connectivity index is 2.71. The highest BCUT2D eigenvalue weighted by Gasteiger charge is 2.44. The molecule has 1 rings (SSSR count). The molecule has 0 aromatic rings. The fraction of sp³-hybridized carbons (Fsp3) is 0.875. The maximum atomic E-state index is 11.3. The van der Waals surface area contributed by atoms with Crippen molar-refractivity contribution in [2.24, 2.45) is 5.29 Å². The number of hydrogen-bond donors (Lipinski definition) is 5. The van der Waals surface area contributed by atoms with Crippen molar-refractivity contribution in [3.63, 3.8) is 0 Å². The summed E-state index contributed by atoms with van der Waals surface area (Å²) in [6.07, 6.45) is -5.84. The van der Waals surface area contributed by atoms with Crippen molar-refractivity contribution in [2.45, 2.75) is 30.6 Å². The third kappa shape index (κ3) is 2.91. The molecule has 1 fully saturated rings. The molecule has 0 saturated carbocycles. The Morgan fingerprint density at radius 1 is 1.39 bits per heavy atom. The monoisotopic (exact) mass is 265 g/mol. The first-order valence-electron chi connectivity index (χ1n) is 5.10. The van der Waals surface area contributed by atoms with Crippen molar-refractivity contribution in [3.8, 4) is 0 Å². The van der Waals surface area contributed by atoms with E-state index in [4.69, 9.17) is 9.84 Å². The summed E-state index contributed by atoms with van der Waals surface area (Å²) in [4.78, 5) is 21.4. The number of carbonyl (C=O) groups is 1. The fourth-order valence-electron chi connectivity index (χ4n) is 1.53. The van der Waals surface area contributed by atoms with E-state index < -0.39 is 43.3 Å². The Labute approximate surface area is 102 Å². The summed E-state index contributed by atoms with van der Waals surface area (Å²) >= 11 is 0. The molecule has 3 unspecified atom stereocenters. The Morgan fingerprint density at radius 2 is 2.00 bits per heavy atom. The van der Waals surface area contributed by atoms with Gasteiger partial charge in [-0.2, -0.15) is 5.01 Å². The van der Waals surface area contributed by atoms with Crippen LogP contribution < -0.4 is 5.32 Å². The average Bonchev–Trinajstić information content (AvgIpc) is 2.37. The summed E-state index contributed by atoms with van der Waals surface area (Å²) in [5.74, 6) is 0. The summed E-state index contributed by atoms with van der Waals surface area (Å²) < 4.78 is 4.80. The molecular formula is C8H15N3O7. The number of carbonyl (C=O) groups excluding carboxylic acids is 1. The molecule has 2 amide bonds. The fourth-order valence-corrected chi connectivity index (χ4v) is 1.53. The molecule has 0 radical (unpaired) electrons. The molecule has 0 aromatic carbocycles. The lowest BCUT2D eigenvalue weighted by Gasteiger charge is -2.40. The first-order chi connectivity index (χ1) is 8.42. The summed E-state index contributed by atoms with van der Waals surface area (Å²) in [6, 6.07) is -2.33. The summed E-state index contributed by atoms with van der Waals surface area (Å²) in [7, 11) is 1.07. The highest BCUT2D eigenvalue weighted by atomic mass is 16.6. The molecule has 0 aliphatic carbocycles. The van der Waals surface area contributed by atoms with Crippen LogP contribution in [0, 0.1) is 4.91 Å². The molecule has 1 saturated heterocycles. The van der Waals surface area contributed by atoms with Crippen molar-refractivity contribution < 1.29 is 30.0 Å². The lowest BCUT2D eigenvalue weighted by Crippen LogP contribution is -2.64. The average molecular weight is 265 g/mol. The van der Waals surface area contributed by atoms with Crippen LogP contribution in [0.1, 0.15) is 0 Å². The molecule has 5 N–H and O–H groups in total. The van der Waals surface area contributed by atoms with E-state index in [1.54, 1.807) is 0 Å². The second kappa shape index (κ2) is 6.02. The van der Waals surface area contributed by atoms with Gasteiger partial charge in [0.25, 0.3) is 0 Å². The highest BCUT2D eigenvalue weighted by Crippen LogP contribution is 2.19. The molecule has 1 aliphatic heterocycles. The van der Waals surface area contributed by atoms with Crippen molar-refractivity contribution in [2.75, 3.05) is 13.7 Å². The normalized spacial score (nSPS) is 35.9. The quantitative estimate of drug-likeness (QED) is 0.271. The Hall–Kier alpha value is -1.33. The topological polar surface area (TPSA) is 152 Å². The van der Waals surface area contributed by atoms with Gasteiger partial charge < -0.3 is 30.5 Å². The Morgan fingerprint density at radius 3 is 2.50 bits per heavy atom. The Kier molecular flexibility index (Phi) is 4.93. The first kappa shape index (κ1) is 14.7. The van der Waals surface area contributed by atoms with Gasteiger partial charge in [0, 0.05) is 7.05 Å².